The lowest BCUT2D eigenvalue weighted by Crippen LogP contribution is -2.23. The first-order chi connectivity index (χ1) is 9.29. The highest BCUT2D eigenvalue weighted by Gasteiger charge is 2.17. The molecule has 0 aromatic carbocycles. The van der Waals surface area contributed by atoms with Crippen molar-refractivity contribution in [1.29, 1.82) is 0 Å². The van der Waals surface area contributed by atoms with Gasteiger partial charge in [-0.15, -0.1) is 0 Å². The number of alkyl halides is 1. The third-order valence-electron chi connectivity index (χ3n) is 3.63. The molecule has 19 heavy (non-hydrogen) atoms. The van der Waals surface area contributed by atoms with Crippen LogP contribution in [0.15, 0.2) is 12.3 Å². The first-order valence-corrected chi connectivity index (χ1v) is 8.28. The quantitative estimate of drug-likeness (QED) is 0.542. The molecule has 0 spiro atoms. The highest BCUT2D eigenvalue weighted by atomic mass is 79.9. The number of likely N-dealkylation sites (N-methyl/N-ethyl adjacent to an activating group) is 1. The molecule has 0 amide bonds. The minimum absolute atomic E-state index is 0.640. The van der Waals surface area contributed by atoms with Crippen molar-refractivity contribution in [3.63, 3.8) is 0 Å². The Balaban J connectivity index is 1.72. The summed E-state index contributed by atoms with van der Waals surface area (Å²) < 4.78 is 7.63. The summed E-state index contributed by atoms with van der Waals surface area (Å²) in [5.41, 5.74) is 1.16. The summed E-state index contributed by atoms with van der Waals surface area (Å²) in [5.74, 6) is 0. The fourth-order valence-corrected chi connectivity index (χ4v) is 2.80. The Kier molecular flexibility index (Phi) is 6.34. The molecule has 0 radical (unpaired) electrons. The third-order valence-corrected chi connectivity index (χ3v) is 3.96. The summed E-state index contributed by atoms with van der Waals surface area (Å²) >= 11 is 3.35. The van der Waals surface area contributed by atoms with Crippen molar-refractivity contribution in [2.24, 2.45) is 0 Å². The van der Waals surface area contributed by atoms with Gasteiger partial charge in [0.1, 0.15) is 0 Å². The SMILES string of the molecule is CN(CCOCCBr)Cc1ccn(C2CCCC2)n1. The van der Waals surface area contributed by atoms with E-state index in [4.69, 9.17) is 9.84 Å². The van der Waals surface area contributed by atoms with E-state index in [0.29, 0.717) is 6.04 Å². The average Bonchev–Trinajstić information content (AvgIpc) is 3.04. The van der Waals surface area contributed by atoms with Gasteiger partial charge in [-0.2, -0.15) is 5.10 Å². The van der Waals surface area contributed by atoms with Gasteiger partial charge in [0.25, 0.3) is 0 Å². The van der Waals surface area contributed by atoms with Crippen molar-refractivity contribution in [2.45, 2.75) is 38.3 Å². The molecular weight excluding hydrogens is 306 g/mol. The molecule has 0 N–H and O–H groups in total. The van der Waals surface area contributed by atoms with Crippen molar-refractivity contribution in [3.8, 4) is 0 Å². The molecule has 0 saturated heterocycles. The number of rotatable bonds is 8. The minimum Gasteiger partial charge on any atom is -0.379 e. The molecule has 1 aromatic rings. The molecule has 0 aliphatic heterocycles. The lowest BCUT2D eigenvalue weighted by Gasteiger charge is -2.15. The van der Waals surface area contributed by atoms with E-state index in [2.05, 4.69) is 44.8 Å². The molecule has 4 nitrogen and oxygen atoms in total. The number of hydrogen-bond donors (Lipinski definition) is 0. The molecular formula is C14H24BrN3O. The second-order valence-corrected chi connectivity index (χ2v) is 6.06. The van der Waals surface area contributed by atoms with E-state index < -0.39 is 0 Å². The Morgan fingerprint density at radius 1 is 1.42 bits per heavy atom. The van der Waals surface area contributed by atoms with E-state index >= 15 is 0 Å². The molecule has 2 rings (SSSR count). The second kappa shape index (κ2) is 8.02. The van der Waals surface area contributed by atoms with Gasteiger partial charge < -0.3 is 4.74 Å². The Bertz CT molecular complexity index is 363. The van der Waals surface area contributed by atoms with Gasteiger partial charge in [-0.05, 0) is 26.0 Å². The van der Waals surface area contributed by atoms with E-state index in [9.17, 15) is 0 Å². The molecule has 1 heterocycles. The zero-order valence-electron chi connectivity index (χ0n) is 11.7. The molecule has 0 unspecified atom stereocenters. The van der Waals surface area contributed by atoms with Crippen molar-refractivity contribution in [2.75, 3.05) is 32.1 Å². The molecule has 1 fully saturated rings. The van der Waals surface area contributed by atoms with Crippen LogP contribution in [0.2, 0.25) is 0 Å². The highest BCUT2D eigenvalue weighted by molar-refractivity contribution is 9.09. The number of hydrogen-bond acceptors (Lipinski definition) is 3. The lowest BCUT2D eigenvalue weighted by atomic mass is 10.3. The molecule has 108 valence electrons. The number of nitrogens with zero attached hydrogens (tertiary/aromatic N) is 3. The van der Waals surface area contributed by atoms with Gasteiger partial charge in [0.05, 0.1) is 24.9 Å². The van der Waals surface area contributed by atoms with Crippen LogP contribution >= 0.6 is 15.9 Å². The van der Waals surface area contributed by atoms with Gasteiger partial charge in [0, 0.05) is 24.6 Å². The number of halogens is 1. The van der Waals surface area contributed by atoms with Crippen LogP contribution in [-0.2, 0) is 11.3 Å². The molecule has 1 saturated carbocycles. The zero-order valence-corrected chi connectivity index (χ0v) is 13.3. The zero-order chi connectivity index (χ0) is 13.5. The molecule has 5 heteroatoms. The van der Waals surface area contributed by atoms with Gasteiger partial charge in [-0.25, -0.2) is 0 Å². The Labute approximate surface area is 124 Å². The standard InChI is InChI=1S/C14H24BrN3O/c1-17(9-11-19-10-7-15)12-13-6-8-18(16-13)14-4-2-3-5-14/h6,8,14H,2-5,7,9-12H2,1H3. The van der Waals surface area contributed by atoms with Crippen molar-refractivity contribution in [1.82, 2.24) is 14.7 Å². The largest absolute Gasteiger partial charge is 0.379 e. The van der Waals surface area contributed by atoms with Crippen LogP contribution in [0.4, 0.5) is 0 Å². The maximum absolute atomic E-state index is 5.46. The lowest BCUT2D eigenvalue weighted by molar-refractivity contribution is 0.122. The molecule has 1 aromatic heterocycles. The van der Waals surface area contributed by atoms with Crippen LogP contribution in [0.25, 0.3) is 0 Å². The van der Waals surface area contributed by atoms with E-state index in [1.165, 1.54) is 25.7 Å². The minimum atomic E-state index is 0.640. The molecule has 1 aliphatic carbocycles. The monoisotopic (exact) mass is 329 g/mol. The predicted molar refractivity (Wildman–Crippen MR) is 80.7 cm³/mol. The first-order valence-electron chi connectivity index (χ1n) is 7.16. The van der Waals surface area contributed by atoms with Crippen LogP contribution in [0.5, 0.6) is 0 Å². The van der Waals surface area contributed by atoms with Crippen molar-refractivity contribution in [3.05, 3.63) is 18.0 Å². The van der Waals surface area contributed by atoms with Crippen molar-refractivity contribution >= 4 is 15.9 Å². The van der Waals surface area contributed by atoms with Crippen LogP contribution < -0.4 is 0 Å². The number of aromatic nitrogens is 2. The fourth-order valence-electron chi connectivity index (χ4n) is 2.57. The van der Waals surface area contributed by atoms with Gasteiger partial charge in [-0.1, -0.05) is 28.8 Å². The number of ether oxygens (including phenoxy) is 1. The van der Waals surface area contributed by atoms with Crippen molar-refractivity contribution < 1.29 is 4.74 Å². The Morgan fingerprint density at radius 2 is 2.21 bits per heavy atom. The smallest absolute Gasteiger partial charge is 0.0764 e. The topological polar surface area (TPSA) is 30.3 Å². The Morgan fingerprint density at radius 3 is 2.95 bits per heavy atom. The van der Waals surface area contributed by atoms with E-state index in [1.54, 1.807) is 0 Å². The van der Waals surface area contributed by atoms with Crippen LogP contribution in [0.3, 0.4) is 0 Å². The Hall–Kier alpha value is -0.390. The first kappa shape index (κ1) is 15.0. The van der Waals surface area contributed by atoms with Crippen LogP contribution in [0.1, 0.15) is 37.4 Å². The van der Waals surface area contributed by atoms with E-state index in [1.807, 2.05) is 0 Å². The maximum atomic E-state index is 5.46. The third kappa shape index (κ3) is 4.89. The van der Waals surface area contributed by atoms with E-state index in [-0.39, 0.29) is 0 Å². The summed E-state index contributed by atoms with van der Waals surface area (Å²) in [7, 11) is 2.12. The van der Waals surface area contributed by atoms with Gasteiger partial charge in [0.15, 0.2) is 0 Å². The molecule has 0 atom stereocenters. The van der Waals surface area contributed by atoms with Gasteiger partial charge in [-0.3, -0.25) is 9.58 Å². The van der Waals surface area contributed by atoms with Crippen LogP contribution in [0, 0.1) is 0 Å². The second-order valence-electron chi connectivity index (χ2n) is 5.26. The summed E-state index contributed by atoms with van der Waals surface area (Å²) in [6, 6.07) is 2.79. The summed E-state index contributed by atoms with van der Waals surface area (Å²) in [6.07, 6.45) is 7.42. The summed E-state index contributed by atoms with van der Waals surface area (Å²) in [5, 5.41) is 5.61. The highest BCUT2D eigenvalue weighted by Crippen LogP contribution is 2.28. The van der Waals surface area contributed by atoms with Gasteiger partial charge in [0.2, 0.25) is 0 Å². The fraction of sp³-hybridized carbons (Fsp3) is 0.786. The van der Waals surface area contributed by atoms with Gasteiger partial charge >= 0.3 is 0 Å². The van der Waals surface area contributed by atoms with Crippen LogP contribution in [-0.4, -0.2) is 46.8 Å². The average molecular weight is 330 g/mol. The summed E-state index contributed by atoms with van der Waals surface area (Å²) in [6.45, 7) is 3.41. The normalized spacial score (nSPS) is 16.6. The molecule has 1 aliphatic rings. The van der Waals surface area contributed by atoms with E-state index in [0.717, 1.165) is 37.3 Å². The molecule has 0 bridgehead atoms. The summed E-state index contributed by atoms with van der Waals surface area (Å²) in [4.78, 5) is 2.26. The predicted octanol–water partition coefficient (Wildman–Crippen LogP) is 2.84. The maximum Gasteiger partial charge on any atom is 0.0764 e.